The van der Waals surface area contributed by atoms with Crippen LogP contribution in [0.2, 0.25) is 0 Å². The van der Waals surface area contributed by atoms with Gasteiger partial charge in [-0.25, -0.2) is 4.79 Å². The Morgan fingerprint density at radius 3 is 2.57 bits per heavy atom. The number of carbonyl (C=O) groups excluding carboxylic acids is 2. The van der Waals surface area contributed by atoms with Gasteiger partial charge in [0.05, 0.1) is 18.8 Å². The lowest BCUT2D eigenvalue weighted by molar-refractivity contribution is -0.144. The molecule has 0 fully saturated rings. The molecule has 1 heterocycles. The number of carbonyl (C=O) groups is 2. The summed E-state index contributed by atoms with van der Waals surface area (Å²) in [5, 5.41) is 0. The molecule has 1 aliphatic heterocycles. The summed E-state index contributed by atoms with van der Waals surface area (Å²) < 4.78 is 10.2. The largest absolute Gasteiger partial charge is 0.465 e. The van der Waals surface area contributed by atoms with Gasteiger partial charge in [-0.2, -0.15) is 0 Å². The van der Waals surface area contributed by atoms with Gasteiger partial charge in [-0.3, -0.25) is 4.79 Å². The van der Waals surface area contributed by atoms with Crippen LogP contribution in [0.5, 0.6) is 0 Å². The van der Waals surface area contributed by atoms with Gasteiger partial charge in [0.1, 0.15) is 0 Å². The summed E-state index contributed by atoms with van der Waals surface area (Å²) in [5.41, 5.74) is 1.62. The minimum atomic E-state index is -0.337. The fourth-order valence-electron chi connectivity index (χ4n) is 2.18. The van der Waals surface area contributed by atoms with E-state index in [-0.39, 0.29) is 24.5 Å². The summed E-state index contributed by atoms with van der Waals surface area (Å²) in [6.07, 6.45) is 0. The number of hydrogen-bond acceptors (Lipinski definition) is 5. The molecule has 4 nitrogen and oxygen atoms in total. The van der Waals surface area contributed by atoms with Crippen LogP contribution >= 0.6 is 11.8 Å². The predicted octanol–water partition coefficient (Wildman–Crippen LogP) is 2.89. The van der Waals surface area contributed by atoms with Gasteiger partial charge >= 0.3 is 11.9 Å². The van der Waals surface area contributed by atoms with E-state index in [1.807, 2.05) is 30.3 Å². The SMILES string of the molecule is CCOC(=O)C1=C(c2ccccc2)SCC1COC(C)=O. The van der Waals surface area contributed by atoms with E-state index in [1.165, 1.54) is 6.92 Å². The zero-order valence-electron chi connectivity index (χ0n) is 12.1. The molecule has 0 aliphatic carbocycles. The number of benzene rings is 1. The number of esters is 2. The van der Waals surface area contributed by atoms with E-state index in [1.54, 1.807) is 18.7 Å². The average molecular weight is 306 g/mol. The van der Waals surface area contributed by atoms with Gasteiger partial charge in [-0.1, -0.05) is 30.3 Å². The summed E-state index contributed by atoms with van der Waals surface area (Å²) in [6, 6.07) is 9.74. The highest BCUT2D eigenvalue weighted by Crippen LogP contribution is 2.43. The second-order valence-electron chi connectivity index (χ2n) is 4.64. The molecule has 0 radical (unpaired) electrons. The third-order valence-corrected chi connectivity index (χ3v) is 4.41. The lowest BCUT2D eigenvalue weighted by atomic mass is 9.99. The van der Waals surface area contributed by atoms with Crippen LogP contribution in [0.3, 0.4) is 0 Å². The summed E-state index contributed by atoms with van der Waals surface area (Å²) >= 11 is 1.61. The van der Waals surface area contributed by atoms with Crippen molar-refractivity contribution in [3.05, 3.63) is 41.5 Å². The molecule has 0 amide bonds. The Hall–Kier alpha value is -1.75. The Labute approximate surface area is 128 Å². The van der Waals surface area contributed by atoms with E-state index in [9.17, 15) is 9.59 Å². The Morgan fingerprint density at radius 1 is 1.24 bits per heavy atom. The van der Waals surface area contributed by atoms with Crippen LogP contribution in [0.15, 0.2) is 35.9 Å². The summed E-state index contributed by atoms with van der Waals surface area (Å²) in [5.74, 6) is -0.0610. The number of hydrogen-bond donors (Lipinski definition) is 0. The van der Waals surface area contributed by atoms with Gasteiger partial charge in [0.25, 0.3) is 0 Å². The zero-order valence-corrected chi connectivity index (χ0v) is 12.9. The van der Waals surface area contributed by atoms with E-state index in [0.29, 0.717) is 17.9 Å². The highest BCUT2D eigenvalue weighted by Gasteiger charge is 2.33. The van der Waals surface area contributed by atoms with Crippen molar-refractivity contribution in [3.63, 3.8) is 0 Å². The van der Waals surface area contributed by atoms with Crippen LogP contribution in [-0.4, -0.2) is 30.9 Å². The molecule has 1 aliphatic rings. The summed E-state index contributed by atoms with van der Waals surface area (Å²) in [6.45, 7) is 3.69. The fourth-order valence-corrected chi connectivity index (χ4v) is 3.52. The molecule has 0 spiro atoms. The van der Waals surface area contributed by atoms with Gasteiger partial charge in [0, 0.05) is 23.5 Å². The minimum absolute atomic E-state index is 0.117. The first kappa shape index (κ1) is 15.6. The molecular weight excluding hydrogens is 288 g/mol. The van der Waals surface area contributed by atoms with Crippen molar-refractivity contribution in [3.8, 4) is 0 Å². The maximum absolute atomic E-state index is 12.3. The van der Waals surface area contributed by atoms with Gasteiger partial charge in [0.2, 0.25) is 0 Å². The average Bonchev–Trinajstić information content (AvgIpc) is 2.90. The maximum atomic E-state index is 12.3. The van der Waals surface area contributed by atoms with Crippen molar-refractivity contribution in [2.75, 3.05) is 19.0 Å². The van der Waals surface area contributed by atoms with Crippen molar-refractivity contribution >= 4 is 28.6 Å². The second kappa shape index (κ2) is 7.31. The lowest BCUT2D eigenvalue weighted by Gasteiger charge is -2.13. The van der Waals surface area contributed by atoms with Gasteiger partial charge in [0.15, 0.2) is 0 Å². The van der Waals surface area contributed by atoms with E-state index in [4.69, 9.17) is 9.47 Å². The normalized spacial score (nSPS) is 17.7. The van der Waals surface area contributed by atoms with Gasteiger partial charge in [-0.15, -0.1) is 11.8 Å². The molecule has 0 aromatic heterocycles. The fraction of sp³-hybridized carbons (Fsp3) is 0.375. The van der Waals surface area contributed by atoms with E-state index in [0.717, 1.165) is 10.5 Å². The van der Waals surface area contributed by atoms with Crippen LogP contribution in [0.1, 0.15) is 19.4 Å². The van der Waals surface area contributed by atoms with Crippen LogP contribution < -0.4 is 0 Å². The topological polar surface area (TPSA) is 52.6 Å². The molecule has 2 rings (SSSR count). The first-order valence-corrected chi connectivity index (χ1v) is 7.85. The predicted molar refractivity (Wildman–Crippen MR) is 82.6 cm³/mol. The standard InChI is InChI=1S/C16H18O4S/c1-3-19-16(18)14-13(9-20-11(2)17)10-21-15(14)12-7-5-4-6-8-12/h4-8,13H,3,9-10H2,1-2H3. The summed E-state index contributed by atoms with van der Waals surface area (Å²) in [4.78, 5) is 24.2. The maximum Gasteiger partial charge on any atom is 0.335 e. The Kier molecular flexibility index (Phi) is 5.44. The first-order chi connectivity index (χ1) is 10.1. The van der Waals surface area contributed by atoms with Crippen LogP contribution in [0.25, 0.3) is 4.91 Å². The van der Waals surface area contributed by atoms with Gasteiger partial charge < -0.3 is 9.47 Å². The van der Waals surface area contributed by atoms with E-state index in [2.05, 4.69) is 0 Å². The number of rotatable bonds is 5. The first-order valence-electron chi connectivity index (χ1n) is 6.86. The highest BCUT2D eigenvalue weighted by atomic mass is 32.2. The Balaban J connectivity index is 2.31. The molecule has 0 saturated carbocycles. The monoisotopic (exact) mass is 306 g/mol. The molecule has 0 saturated heterocycles. The third-order valence-electron chi connectivity index (χ3n) is 3.10. The van der Waals surface area contributed by atoms with Crippen molar-refractivity contribution < 1.29 is 19.1 Å². The molecule has 5 heteroatoms. The molecule has 0 bridgehead atoms. The third kappa shape index (κ3) is 3.88. The van der Waals surface area contributed by atoms with Crippen molar-refractivity contribution in [2.24, 2.45) is 5.92 Å². The van der Waals surface area contributed by atoms with Crippen LogP contribution in [0, 0.1) is 5.92 Å². The van der Waals surface area contributed by atoms with Crippen LogP contribution in [-0.2, 0) is 19.1 Å². The second-order valence-corrected chi connectivity index (χ2v) is 5.67. The summed E-state index contributed by atoms with van der Waals surface area (Å²) in [7, 11) is 0. The Bertz CT molecular complexity index is 551. The highest BCUT2D eigenvalue weighted by molar-refractivity contribution is 8.08. The molecule has 1 aromatic rings. The minimum Gasteiger partial charge on any atom is -0.465 e. The van der Waals surface area contributed by atoms with Crippen molar-refractivity contribution in [1.82, 2.24) is 0 Å². The smallest absolute Gasteiger partial charge is 0.335 e. The molecule has 1 atom stereocenters. The van der Waals surface area contributed by atoms with Crippen LogP contribution in [0.4, 0.5) is 0 Å². The molecular formula is C16H18O4S. The van der Waals surface area contributed by atoms with E-state index >= 15 is 0 Å². The quantitative estimate of drug-likeness (QED) is 0.783. The van der Waals surface area contributed by atoms with E-state index < -0.39 is 0 Å². The number of thioether (sulfide) groups is 1. The lowest BCUT2D eigenvalue weighted by Crippen LogP contribution is -2.21. The van der Waals surface area contributed by atoms with Gasteiger partial charge in [-0.05, 0) is 12.5 Å². The Morgan fingerprint density at radius 2 is 1.95 bits per heavy atom. The molecule has 112 valence electrons. The number of ether oxygens (including phenoxy) is 2. The van der Waals surface area contributed by atoms with Crippen molar-refractivity contribution in [2.45, 2.75) is 13.8 Å². The zero-order chi connectivity index (χ0) is 15.2. The molecule has 1 unspecified atom stereocenters. The molecule has 21 heavy (non-hydrogen) atoms. The molecule has 0 N–H and O–H groups in total. The molecule has 1 aromatic carbocycles. The van der Waals surface area contributed by atoms with Crippen molar-refractivity contribution in [1.29, 1.82) is 0 Å².